The number of nitrogens with zero attached hydrogens (tertiary/aromatic N) is 1. The molecule has 0 aliphatic carbocycles. The zero-order valence-electron chi connectivity index (χ0n) is 22.5. The highest BCUT2D eigenvalue weighted by molar-refractivity contribution is 7.85. The van der Waals surface area contributed by atoms with E-state index >= 15 is 0 Å². The van der Waals surface area contributed by atoms with Crippen LogP contribution in [0.3, 0.4) is 0 Å². The predicted molar refractivity (Wildman–Crippen MR) is 143 cm³/mol. The van der Waals surface area contributed by atoms with Crippen LogP contribution in [0.1, 0.15) is 96.8 Å². The minimum absolute atomic E-state index is 0.0536. The molecule has 0 aliphatic rings. The summed E-state index contributed by atoms with van der Waals surface area (Å²) in [5, 5.41) is 22.7. The van der Waals surface area contributed by atoms with Crippen molar-refractivity contribution in [3.8, 4) is 0 Å². The Bertz CT molecular complexity index is 667. The summed E-state index contributed by atoms with van der Waals surface area (Å²) in [5.74, 6) is -0.608. The van der Waals surface area contributed by atoms with Crippen LogP contribution >= 0.6 is 0 Å². The lowest BCUT2D eigenvalue weighted by Gasteiger charge is -2.31. The molecule has 0 heterocycles. The lowest BCUT2D eigenvalue weighted by molar-refractivity contribution is -0.893. The normalized spacial score (nSPS) is 14.3. The molecule has 9 heteroatoms. The molecule has 4 N–H and O–H groups in total. The number of nitrogens with one attached hydrogen (secondary N) is 1. The van der Waals surface area contributed by atoms with E-state index < -0.39 is 22.0 Å². The molecule has 0 aliphatic heterocycles. The Morgan fingerprint density at radius 2 is 1.57 bits per heavy atom. The van der Waals surface area contributed by atoms with Crippen LogP contribution in [-0.2, 0) is 14.9 Å². The van der Waals surface area contributed by atoms with Crippen molar-refractivity contribution in [3.05, 3.63) is 12.2 Å². The highest BCUT2D eigenvalue weighted by atomic mass is 32.2. The van der Waals surface area contributed by atoms with Crippen LogP contribution in [0.4, 0.5) is 0 Å². The number of likely N-dealkylation sites (N-methyl/N-ethyl adjacent to an activating group) is 1. The first kappa shape index (κ1) is 34.0. The molecule has 0 bridgehead atoms. The van der Waals surface area contributed by atoms with Gasteiger partial charge in [0.15, 0.2) is 0 Å². The molecule has 0 aromatic carbocycles. The van der Waals surface area contributed by atoms with Crippen molar-refractivity contribution >= 4 is 16.0 Å². The van der Waals surface area contributed by atoms with E-state index in [1.807, 2.05) is 14.1 Å². The van der Waals surface area contributed by atoms with Crippen molar-refractivity contribution in [3.63, 3.8) is 0 Å². The quantitative estimate of drug-likeness (QED) is 0.0701. The van der Waals surface area contributed by atoms with Gasteiger partial charge in [-0.05, 0) is 32.1 Å². The first-order valence-corrected chi connectivity index (χ1v) is 15.1. The van der Waals surface area contributed by atoms with Gasteiger partial charge in [-0.25, -0.2) is 0 Å². The van der Waals surface area contributed by atoms with Gasteiger partial charge < -0.3 is 20.0 Å². The van der Waals surface area contributed by atoms with Crippen molar-refractivity contribution in [1.82, 2.24) is 5.32 Å². The van der Waals surface area contributed by atoms with Gasteiger partial charge in [0.25, 0.3) is 10.1 Å². The number of quaternary nitrogens is 1. The Morgan fingerprint density at radius 3 is 2.26 bits per heavy atom. The highest BCUT2D eigenvalue weighted by Crippen LogP contribution is 2.11. The van der Waals surface area contributed by atoms with Crippen LogP contribution in [0.2, 0.25) is 0 Å². The largest absolute Gasteiger partial charge is 0.393 e. The molecule has 2 atom stereocenters. The van der Waals surface area contributed by atoms with E-state index in [9.17, 15) is 23.4 Å². The number of hydrogen-bond acceptors (Lipinski definition) is 5. The van der Waals surface area contributed by atoms with E-state index in [0.29, 0.717) is 24.0 Å². The topological polar surface area (TPSA) is 124 Å². The average molecular weight is 522 g/mol. The number of amides is 1. The Morgan fingerprint density at radius 1 is 0.914 bits per heavy atom. The van der Waals surface area contributed by atoms with Crippen molar-refractivity contribution in [2.75, 3.05) is 39.5 Å². The van der Waals surface area contributed by atoms with Gasteiger partial charge in [0.05, 0.1) is 26.7 Å². The molecule has 0 radical (unpaired) electrons. The Hall–Kier alpha value is -1.00. The zero-order chi connectivity index (χ0) is 26.6. The van der Waals surface area contributed by atoms with Crippen molar-refractivity contribution in [2.45, 2.75) is 109 Å². The number of aliphatic hydroxyl groups excluding tert-OH is 2. The van der Waals surface area contributed by atoms with Gasteiger partial charge in [0.2, 0.25) is 5.91 Å². The van der Waals surface area contributed by atoms with Gasteiger partial charge in [-0.3, -0.25) is 9.35 Å². The van der Waals surface area contributed by atoms with E-state index in [4.69, 9.17) is 4.55 Å². The third-order valence-electron chi connectivity index (χ3n) is 6.11. The maximum Gasteiger partial charge on any atom is 0.267 e. The molecule has 8 nitrogen and oxygen atoms in total. The van der Waals surface area contributed by atoms with Crippen LogP contribution in [0.25, 0.3) is 0 Å². The number of carbonyl (C=O) groups excluding carboxylic acids is 1. The fourth-order valence-corrected chi connectivity index (χ4v) is 4.75. The van der Waals surface area contributed by atoms with Gasteiger partial charge in [0, 0.05) is 19.4 Å². The number of unbranched alkanes of at least 4 members (excludes halogenated alkanes) is 8. The number of carbonyl (C=O) groups is 1. The molecule has 0 aromatic rings. The molecule has 0 fully saturated rings. The summed E-state index contributed by atoms with van der Waals surface area (Å²) in [5.41, 5.74) is 0. The van der Waals surface area contributed by atoms with E-state index in [0.717, 1.165) is 64.2 Å². The summed E-state index contributed by atoms with van der Waals surface area (Å²) in [4.78, 5) is 12.0. The second kappa shape index (κ2) is 20.1. The molecule has 0 aromatic heterocycles. The molecule has 1 amide bonds. The summed E-state index contributed by atoms with van der Waals surface area (Å²) < 4.78 is 30.9. The molecule has 208 valence electrons. The molecule has 0 saturated heterocycles. The molecule has 1 unspecified atom stereocenters. The average Bonchev–Trinajstić information content (AvgIpc) is 2.73. The summed E-state index contributed by atoms with van der Waals surface area (Å²) in [6, 6.07) is 0. The van der Waals surface area contributed by atoms with Crippen LogP contribution < -0.4 is 5.32 Å². The molecular weight excluding hydrogens is 468 g/mol. The number of aliphatic hydroxyl groups is 2. The van der Waals surface area contributed by atoms with Gasteiger partial charge in [-0.15, -0.1) is 0 Å². The summed E-state index contributed by atoms with van der Waals surface area (Å²) in [6.45, 7) is 3.63. The Kier molecular flexibility index (Phi) is 19.5. The fraction of sp³-hybridized carbons (Fsp3) is 0.885. The predicted octanol–water partition coefficient (Wildman–Crippen LogP) is 3.83. The standard InChI is InChI=1S/C26H52N2O6S/c1-4-5-6-13-17-24(29)18-14-11-9-7-8-10-12-15-19-26(31)27-20-16-21-28(2,3)22-25(30)23-35(32,33)34/h11,14,24-25,29-30H,4-10,12-13,15-23H2,1-3H3,(H-,27,31,32,33,34)/p+1/b14-11-/t24-,25?/m1/s1. The number of hydrogen-bond donors (Lipinski definition) is 4. The Balaban J connectivity index is 3.64. The molecular formula is C26H53N2O6S+. The summed E-state index contributed by atoms with van der Waals surface area (Å²) >= 11 is 0. The van der Waals surface area contributed by atoms with Gasteiger partial charge in [0.1, 0.15) is 18.4 Å². The minimum Gasteiger partial charge on any atom is -0.393 e. The van der Waals surface area contributed by atoms with Crippen LogP contribution in [0.15, 0.2) is 12.2 Å². The third kappa shape index (κ3) is 24.5. The molecule has 0 rings (SSSR count). The van der Waals surface area contributed by atoms with Crippen molar-refractivity contribution in [1.29, 1.82) is 0 Å². The lowest BCUT2D eigenvalue weighted by Crippen LogP contribution is -2.48. The second-order valence-electron chi connectivity index (χ2n) is 10.5. The van der Waals surface area contributed by atoms with E-state index in [2.05, 4.69) is 24.4 Å². The zero-order valence-corrected chi connectivity index (χ0v) is 23.3. The van der Waals surface area contributed by atoms with Gasteiger partial charge in [-0.2, -0.15) is 8.42 Å². The first-order valence-electron chi connectivity index (χ1n) is 13.5. The molecule has 35 heavy (non-hydrogen) atoms. The number of allylic oxidation sites excluding steroid dienone is 1. The number of rotatable bonds is 23. The van der Waals surface area contributed by atoms with E-state index in [1.54, 1.807) is 0 Å². The third-order valence-corrected chi connectivity index (χ3v) is 6.92. The van der Waals surface area contributed by atoms with Crippen molar-refractivity contribution in [2.24, 2.45) is 0 Å². The monoisotopic (exact) mass is 521 g/mol. The van der Waals surface area contributed by atoms with E-state index in [-0.39, 0.29) is 18.6 Å². The maximum absolute atomic E-state index is 12.0. The minimum atomic E-state index is -4.19. The van der Waals surface area contributed by atoms with Crippen LogP contribution in [0.5, 0.6) is 0 Å². The highest BCUT2D eigenvalue weighted by Gasteiger charge is 2.24. The lowest BCUT2D eigenvalue weighted by atomic mass is 10.1. The summed E-state index contributed by atoms with van der Waals surface area (Å²) in [7, 11) is -0.431. The summed E-state index contributed by atoms with van der Waals surface area (Å²) in [6.07, 6.45) is 17.1. The van der Waals surface area contributed by atoms with E-state index in [1.165, 1.54) is 19.3 Å². The van der Waals surface area contributed by atoms with Crippen molar-refractivity contribution < 1.29 is 32.5 Å². The van der Waals surface area contributed by atoms with Crippen LogP contribution in [-0.4, -0.2) is 85.3 Å². The van der Waals surface area contributed by atoms with Crippen LogP contribution in [0, 0.1) is 0 Å². The molecule has 0 saturated carbocycles. The maximum atomic E-state index is 12.0. The Labute approximate surface area is 214 Å². The second-order valence-corrected chi connectivity index (χ2v) is 12.0. The van der Waals surface area contributed by atoms with Gasteiger partial charge in [-0.1, -0.05) is 64.0 Å². The molecule has 0 spiro atoms. The fourth-order valence-electron chi connectivity index (χ4n) is 4.15. The SMILES string of the molecule is CCCCCC[C@@H](O)C/C=C\CCCCCCCC(=O)NCCC[N+](C)(C)CC(O)CS(=O)(=O)O. The smallest absolute Gasteiger partial charge is 0.267 e. The van der Waals surface area contributed by atoms with Gasteiger partial charge >= 0.3 is 0 Å². The first-order chi connectivity index (χ1) is 16.4.